The van der Waals surface area contributed by atoms with E-state index < -0.39 is 0 Å². The highest BCUT2D eigenvalue weighted by atomic mass is 14.3. The summed E-state index contributed by atoms with van der Waals surface area (Å²) in [4.78, 5) is 0. The molecule has 0 saturated heterocycles. The van der Waals surface area contributed by atoms with Crippen LogP contribution in [0, 0.1) is 40.1 Å². The Labute approximate surface area is 69.7 Å². The number of benzene rings is 1. The molecule has 0 atom stereocenters. The lowest BCUT2D eigenvalue weighted by Gasteiger charge is -1.91. The Morgan fingerprint density at radius 1 is 1.00 bits per heavy atom. The molecular formula is C9H2N3. The minimum Gasteiger partial charge on any atom is -0.192 e. The molecule has 3 nitrogen and oxygen atoms in total. The summed E-state index contributed by atoms with van der Waals surface area (Å²) in [5.41, 5.74) is 0.638. The standard InChI is InChI=1S/C9H2N3/c10-4-7-1-2-8(5-11)9(3-7)6-12/h1-2H. The Bertz CT molecular complexity index is 427. The SMILES string of the molecule is N#Cc1[c]c(C#N)c(C#N)cc1. The third kappa shape index (κ3) is 1.24. The second kappa shape index (κ2) is 3.19. The zero-order valence-electron chi connectivity index (χ0n) is 6.00. The van der Waals surface area contributed by atoms with E-state index in [2.05, 4.69) is 6.07 Å². The third-order valence-corrected chi connectivity index (χ3v) is 1.30. The van der Waals surface area contributed by atoms with Crippen molar-refractivity contribution in [2.24, 2.45) is 0 Å². The molecule has 1 aromatic rings. The first kappa shape index (κ1) is 7.79. The average Bonchev–Trinajstić information content (AvgIpc) is 2.16. The molecular weight excluding hydrogens is 150 g/mol. The van der Waals surface area contributed by atoms with Gasteiger partial charge >= 0.3 is 0 Å². The van der Waals surface area contributed by atoms with Gasteiger partial charge in [0, 0.05) is 6.07 Å². The first-order chi connectivity index (χ1) is 5.81. The van der Waals surface area contributed by atoms with Gasteiger partial charge < -0.3 is 0 Å². The van der Waals surface area contributed by atoms with E-state index in [1.807, 2.05) is 12.1 Å². The van der Waals surface area contributed by atoms with E-state index in [9.17, 15) is 0 Å². The van der Waals surface area contributed by atoms with E-state index in [1.165, 1.54) is 12.1 Å². The van der Waals surface area contributed by atoms with Crippen molar-refractivity contribution >= 4 is 0 Å². The van der Waals surface area contributed by atoms with Crippen molar-refractivity contribution < 1.29 is 0 Å². The molecule has 0 fully saturated rings. The maximum Gasteiger partial charge on any atom is 0.101 e. The predicted molar refractivity (Wildman–Crippen MR) is 39.4 cm³/mol. The van der Waals surface area contributed by atoms with Crippen LogP contribution in [0.15, 0.2) is 12.1 Å². The van der Waals surface area contributed by atoms with Gasteiger partial charge in [-0.15, -0.1) is 0 Å². The zero-order valence-corrected chi connectivity index (χ0v) is 6.00. The van der Waals surface area contributed by atoms with E-state index in [-0.39, 0.29) is 16.7 Å². The van der Waals surface area contributed by atoms with Crippen molar-refractivity contribution in [3.63, 3.8) is 0 Å². The van der Waals surface area contributed by atoms with Crippen LogP contribution in [0.3, 0.4) is 0 Å². The van der Waals surface area contributed by atoms with E-state index in [4.69, 9.17) is 15.8 Å². The van der Waals surface area contributed by atoms with Gasteiger partial charge in [0.25, 0.3) is 0 Å². The highest BCUT2D eigenvalue weighted by Gasteiger charge is 2.01. The minimum atomic E-state index is 0.122. The van der Waals surface area contributed by atoms with Gasteiger partial charge in [0.05, 0.1) is 22.8 Å². The maximum absolute atomic E-state index is 8.53. The smallest absolute Gasteiger partial charge is 0.101 e. The topological polar surface area (TPSA) is 71.4 Å². The first-order valence-corrected chi connectivity index (χ1v) is 3.08. The summed E-state index contributed by atoms with van der Waals surface area (Å²) in [5, 5.41) is 25.5. The summed E-state index contributed by atoms with van der Waals surface area (Å²) in [6.45, 7) is 0. The van der Waals surface area contributed by atoms with Crippen LogP contribution in [0.2, 0.25) is 0 Å². The quantitative estimate of drug-likeness (QED) is 0.558. The molecule has 0 amide bonds. The van der Waals surface area contributed by atoms with Crippen LogP contribution >= 0.6 is 0 Å². The molecule has 12 heavy (non-hydrogen) atoms. The molecule has 0 N–H and O–H groups in total. The lowest BCUT2D eigenvalue weighted by atomic mass is 10.1. The van der Waals surface area contributed by atoms with Crippen molar-refractivity contribution in [2.75, 3.05) is 0 Å². The fraction of sp³-hybridized carbons (Fsp3) is 0. The van der Waals surface area contributed by atoms with Gasteiger partial charge in [-0.25, -0.2) is 0 Å². The first-order valence-electron chi connectivity index (χ1n) is 3.08. The van der Waals surface area contributed by atoms with Crippen LogP contribution in [0.25, 0.3) is 0 Å². The normalized spacial score (nSPS) is 7.75. The van der Waals surface area contributed by atoms with E-state index >= 15 is 0 Å². The summed E-state index contributed by atoms with van der Waals surface area (Å²) in [7, 11) is 0. The minimum absolute atomic E-state index is 0.122. The van der Waals surface area contributed by atoms with E-state index in [0.717, 1.165) is 0 Å². The van der Waals surface area contributed by atoms with Gasteiger partial charge in [-0.3, -0.25) is 0 Å². The summed E-state index contributed by atoms with van der Waals surface area (Å²) in [5.74, 6) is 0. The number of nitrogens with zero attached hydrogens (tertiary/aromatic N) is 3. The van der Waals surface area contributed by atoms with Crippen LogP contribution in [-0.2, 0) is 0 Å². The number of hydrogen-bond donors (Lipinski definition) is 0. The van der Waals surface area contributed by atoms with Crippen molar-refractivity contribution in [1.29, 1.82) is 15.8 Å². The average molecular weight is 152 g/mol. The summed E-state index contributed by atoms with van der Waals surface area (Å²) < 4.78 is 0. The van der Waals surface area contributed by atoms with Gasteiger partial charge in [-0.2, -0.15) is 15.8 Å². The number of rotatable bonds is 0. The predicted octanol–water partition coefficient (Wildman–Crippen LogP) is 1.10. The van der Waals surface area contributed by atoms with Gasteiger partial charge in [0.1, 0.15) is 12.1 Å². The maximum atomic E-state index is 8.53. The molecule has 0 spiro atoms. The van der Waals surface area contributed by atoms with E-state index in [1.54, 1.807) is 6.07 Å². The molecule has 0 aliphatic carbocycles. The second-order valence-electron chi connectivity index (χ2n) is 2.00. The molecule has 0 unspecified atom stereocenters. The van der Waals surface area contributed by atoms with Crippen LogP contribution in [0.1, 0.15) is 16.7 Å². The monoisotopic (exact) mass is 152 g/mol. The third-order valence-electron chi connectivity index (χ3n) is 1.30. The molecule has 1 aromatic carbocycles. The van der Waals surface area contributed by atoms with Crippen LogP contribution in [0.5, 0.6) is 0 Å². The van der Waals surface area contributed by atoms with Gasteiger partial charge in [0.2, 0.25) is 0 Å². The Balaban J connectivity index is 3.37. The second-order valence-corrected chi connectivity index (χ2v) is 2.00. The lowest BCUT2D eigenvalue weighted by Crippen LogP contribution is -1.85. The molecule has 0 bridgehead atoms. The molecule has 0 saturated carbocycles. The van der Waals surface area contributed by atoms with Crippen LogP contribution in [-0.4, -0.2) is 0 Å². The van der Waals surface area contributed by atoms with Gasteiger partial charge in [-0.05, 0) is 12.1 Å². The summed E-state index contributed by atoms with van der Waals surface area (Å²) in [6.07, 6.45) is 0. The Kier molecular flexibility index (Phi) is 2.07. The van der Waals surface area contributed by atoms with Crippen molar-refractivity contribution in [3.8, 4) is 18.2 Å². The highest BCUT2D eigenvalue weighted by Crippen LogP contribution is 2.07. The van der Waals surface area contributed by atoms with Crippen molar-refractivity contribution in [3.05, 3.63) is 34.9 Å². The molecule has 53 valence electrons. The zero-order chi connectivity index (χ0) is 8.97. The highest BCUT2D eigenvalue weighted by molar-refractivity contribution is 5.48. The van der Waals surface area contributed by atoms with Gasteiger partial charge in [-0.1, -0.05) is 0 Å². The molecule has 0 heterocycles. The molecule has 3 heteroatoms. The van der Waals surface area contributed by atoms with Crippen LogP contribution in [0.4, 0.5) is 0 Å². The van der Waals surface area contributed by atoms with Crippen molar-refractivity contribution in [2.45, 2.75) is 0 Å². The largest absolute Gasteiger partial charge is 0.192 e. The summed E-state index contributed by atoms with van der Waals surface area (Å²) in [6, 6.07) is 10.9. The Morgan fingerprint density at radius 2 is 1.75 bits per heavy atom. The molecule has 0 aliphatic heterocycles. The summed E-state index contributed by atoms with van der Waals surface area (Å²) >= 11 is 0. The van der Waals surface area contributed by atoms with Crippen molar-refractivity contribution in [1.82, 2.24) is 0 Å². The lowest BCUT2D eigenvalue weighted by molar-refractivity contribution is 1.40. The molecule has 1 rings (SSSR count). The molecule has 0 aromatic heterocycles. The molecule has 1 radical (unpaired) electrons. The van der Waals surface area contributed by atoms with E-state index in [0.29, 0.717) is 0 Å². The molecule has 0 aliphatic rings. The Hall–Kier alpha value is -2.31. The fourth-order valence-electron chi connectivity index (χ4n) is 0.740. The fourth-order valence-corrected chi connectivity index (χ4v) is 0.740. The Morgan fingerprint density at radius 3 is 2.25 bits per heavy atom. The van der Waals surface area contributed by atoms with Gasteiger partial charge in [0.15, 0.2) is 0 Å². The number of hydrogen-bond acceptors (Lipinski definition) is 3. The van der Waals surface area contributed by atoms with Crippen LogP contribution < -0.4 is 0 Å². The number of nitriles is 3.